The number of anilines is 2. The Hall–Kier alpha value is -3.26. The van der Waals surface area contributed by atoms with E-state index in [9.17, 15) is 8.78 Å². The van der Waals surface area contributed by atoms with E-state index in [4.69, 9.17) is 9.97 Å². The lowest BCUT2D eigenvalue weighted by Gasteiger charge is -2.39. The molecule has 35 heavy (non-hydrogen) atoms. The van der Waals surface area contributed by atoms with Crippen molar-refractivity contribution in [3.05, 3.63) is 82.8 Å². The molecule has 2 aromatic carbocycles. The summed E-state index contributed by atoms with van der Waals surface area (Å²) in [7, 11) is 0. The van der Waals surface area contributed by atoms with Crippen molar-refractivity contribution in [2.24, 2.45) is 0 Å². The summed E-state index contributed by atoms with van der Waals surface area (Å²) in [5.41, 5.74) is 4.59. The standard InChI is InChI=1S/C27H25F2N5S/c1-16-11-18-12-30-13-22(29)20(18)14-34(16)26-19-9-10-33(15-23(19)31-27(32-26)35-2)24-8-4-6-17-5-3-7-21(28)25(17)24/h3-8,12-13,16H,9-11,14-15H2,1-2H3/t16-/m0/s1. The van der Waals surface area contributed by atoms with Gasteiger partial charge in [0.1, 0.15) is 17.5 Å². The Morgan fingerprint density at radius 3 is 2.63 bits per heavy atom. The molecule has 0 spiro atoms. The normalized spacial score (nSPS) is 17.4. The third-order valence-electron chi connectivity index (χ3n) is 7.12. The molecule has 1 atom stereocenters. The SMILES string of the molecule is CSc1nc2c(c(N3Cc4c(F)cncc4C[C@@H]3C)n1)CCN(c1cccc3cccc(F)c13)C2. The van der Waals surface area contributed by atoms with Crippen molar-refractivity contribution in [2.45, 2.75) is 44.1 Å². The molecule has 0 fully saturated rings. The Labute approximate surface area is 207 Å². The average Bonchev–Trinajstić information content (AvgIpc) is 2.87. The minimum atomic E-state index is -0.267. The second kappa shape index (κ2) is 8.75. The van der Waals surface area contributed by atoms with E-state index in [1.54, 1.807) is 12.3 Å². The number of halogens is 2. The molecular weight excluding hydrogens is 464 g/mol. The summed E-state index contributed by atoms with van der Waals surface area (Å²) in [5, 5.41) is 2.22. The minimum absolute atomic E-state index is 0.157. The van der Waals surface area contributed by atoms with Crippen molar-refractivity contribution in [2.75, 3.05) is 22.6 Å². The first-order valence-corrected chi connectivity index (χ1v) is 13.0. The van der Waals surface area contributed by atoms with Gasteiger partial charge in [-0.3, -0.25) is 4.98 Å². The fourth-order valence-corrected chi connectivity index (χ4v) is 5.74. The van der Waals surface area contributed by atoms with Crippen molar-refractivity contribution in [1.82, 2.24) is 15.0 Å². The highest BCUT2D eigenvalue weighted by Gasteiger charge is 2.31. The maximum absolute atomic E-state index is 14.8. The first-order valence-electron chi connectivity index (χ1n) is 11.8. The predicted molar refractivity (Wildman–Crippen MR) is 136 cm³/mol. The lowest BCUT2D eigenvalue weighted by Crippen LogP contribution is -2.41. The zero-order valence-corrected chi connectivity index (χ0v) is 20.4. The molecule has 0 saturated carbocycles. The molecular formula is C27H25F2N5S. The summed E-state index contributed by atoms with van der Waals surface area (Å²) in [6.07, 6.45) is 6.48. The van der Waals surface area contributed by atoms with Gasteiger partial charge in [0.15, 0.2) is 5.16 Å². The van der Waals surface area contributed by atoms with Crippen LogP contribution in [0.15, 0.2) is 53.9 Å². The van der Waals surface area contributed by atoms with Crippen LogP contribution in [-0.2, 0) is 25.9 Å². The summed E-state index contributed by atoms with van der Waals surface area (Å²) >= 11 is 1.50. The number of hydrogen-bond acceptors (Lipinski definition) is 6. The van der Waals surface area contributed by atoms with Crippen LogP contribution in [-0.4, -0.2) is 33.8 Å². The third kappa shape index (κ3) is 3.80. The van der Waals surface area contributed by atoms with E-state index in [1.807, 2.05) is 30.5 Å². The highest BCUT2D eigenvalue weighted by molar-refractivity contribution is 7.98. The predicted octanol–water partition coefficient (Wildman–Crippen LogP) is 5.54. The fraction of sp³-hybridized carbons (Fsp3) is 0.296. The van der Waals surface area contributed by atoms with Gasteiger partial charge in [-0.15, -0.1) is 0 Å². The highest BCUT2D eigenvalue weighted by atomic mass is 32.2. The maximum atomic E-state index is 14.8. The number of rotatable bonds is 3. The molecule has 0 aliphatic carbocycles. The Kier molecular flexibility index (Phi) is 5.56. The molecule has 0 bridgehead atoms. The van der Waals surface area contributed by atoms with Crippen molar-refractivity contribution >= 4 is 34.0 Å². The van der Waals surface area contributed by atoms with Gasteiger partial charge in [-0.05, 0) is 49.1 Å². The number of hydrogen-bond donors (Lipinski definition) is 0. The molecule has 4 aromatic rings. The van der Waals surface area contributed by atoms with Crippen LogP contribution >= 0.6 is 11.8 Å². The van der Waals surface area contributed by atoms with Gasteiger partial charge in [0.05, 0.1) is 18.4 Å². The zero-order chi connectivity index (χ0) is 24.1. The molecule has 2 aromatic heterocycles. The molecule has 0 unspecified atom stereocenters. The van der Waals surface area contributed by atoms with Gasteiger partial charge >= 0.3 is 0 Å². The number of aromatic nitrogens is 3. The summed E-state index contributed by atoms with van der Waals surface area (Å²) in [6.45, 7) is 3.91. The monoisotopic (exact) mass is 489 g/mol. The number of thioether (sulfide) groups is 1. The lowest BCUT2D eigenvalue weighted by atomic mass is 9.95. The number of nitrogens with zero attached hydrogens (tertiary/aromatic N) is 5. The Balaban J connectivity index is 1.41. The average molecular weight is 490 g/mol. The first kappa shape index (κ1) is 22.2. The molecule has 2 aliphatic heterocycles. The van der Waals surface area contributed by atoms with E-state index >= 15 is 0 Å². The lowest BCUT2D eigenvalue weighted by molar-refractivity contribution is 0.532. The molecule has 178 valence electrons. The summed E-state index contributed by atoms with van der Waals surface area (Å²) < 4.78 is 29.4. The maximum Gasteiger partial charge on any atom is 0.189 e. The molecule has 0 amide bonds. The molecule has 6 rings (SSSR count). The van der Waals surface area contributed by atoms with Gasteiger partial charge in [-0.2, -0.15) is 0 Å². The second-order valence-electron chi connectivity index (χ2n) is 9.19. The number of benzene rings is 2. The van der Waals surface area contributed by atoms with Crippen LogP contribution in [0.2, 0.25) is 0 Å². The van der Waals surface area contributed by atoms with Gasteiger partial charge in [0.2, 0.25) is 0 Å². The van der Waals surface area contributed by atoms with Crippen LogP contribution in [0.4, 0.5) is 20.3 Å². The Bertz CT molecular complexity index is 1440. The van der Waals surface area contributed by atoms with Gasteiger partial charge in [-0.25, -0.2) is 18.7 Å². The molecule has 4 heterocycles. The van der Waals surface area contributed by atoms with E-state index in [1.165, 1.54) is 24.0 Å². The largest absolute Gasteiger partial charge is 0.365 e. The van der Waals surface area contributed by atoms with E-state index in [2.05, 4.69) is 21.7 Å². The summed E-state index contributed by atoms with van der Waals surface area (Å²) in [4.78, 5) is 18.2. The number of pyridine rings is 1. The van der Waals surface area contributed by atoms with Crippen LogP contribution in [0, 0.1) is 11.6 Å². The topological polar surface area (TPSA) is 45.2 Å². The molecule has 2 aliphatic rings. The first-order chi connectivity index (χ1) is 17.0. The van der Waals surface area contributed by atoms with Gasteiger partial charge < -0.3 is 9.80 Å². The zero-order valence-electron chi connectivity index (χ0n) is 19.6. The molecule has 0 saturated heterocycles. The van der Waals surface area contributed by atoms with E-state index in [-0.39, 0.29) is 17.7 Å². The quantitative estimate of drug-likeness (QED) is 0.278. The minimum Gasteiger partial charge on any atom is -0.365 e. The third-order valence-corrected chi connectivity index (χ3v) is 7.67. The van der Waals surface area contributed by atoms with Crippen LogP contribution in [0.5, 0.6) is 0 Å². The van der Waals surface area contributed by atoms with Gasteiger partial charge in [-0.1, -0.05) is 36.0 Å². The molecule has 5 nitrogen and oxygen atoms in total. The Morgan fingerprint density at radius 1 is 0.971 bits per heavy atom. The van der Waals surface area contributed by atoms with Crippen LogP contribution in [0.1, 0.15) is 29.3 Å². The van der Waals surface area contributed by atoms with E-state index in [0.29, 0.717) is 29.2 Å². The van der Waals surface area contributed by atoms with Gasteiger partial charge in [0, 0.05) is 47.5 Å². The van der Waals surface area contributed by atoms with Crippen LogP contribution < -0.4 is 9.80 Å². The van der Waals surface area contributed by atoms with Crippen molar-refractivity contribution < 1.29 is 8.78 Å². The van der Waals surface area contributed by atoms with E-state index < -0.39 is 0 Å². The van der Waals surface area contributed by atoms with Crippen molar-refractivity contribution in [1.29, 1.82) is 0 Å². The smallest absolute Gasteiger partial charge is 0.189 e. The second-order valence-corrected chi connectivity index (χ2v) is 9.96. The summed E-state index contributed by atoms with van der Waals surface area (Å²) in [6, 6.07) is 11.3. The number of fused-ring (bicyclic) bond motifs is 3. The molecule has 0 radical (unpaired) electrons. The van der Waals surface area contributed by atoms with Crippen molar-refractivity contribution in [3.8, 4) is 0 Å². The highest BCUT2D eigenvalue weighted by Crippen LogP contribution is 2.37. The fourth-order valence-electron chi connectivity index (χ4n) is 5.36. The Morgan fingerprint density at radius 2 is 1.80 bits per heavy atom. The van der Waals surface area contributed by atoms with Gasteiger partial charge in [0.25, 0.3) is 0 Å². The summed E-state index contributed by atoms with van der Waals surface area (Å²) in [5.74, 6) is 0.406. The van der Waals surface area contributed by atoms with E-state index in [0.717, 1.165) is 53.1 Å². The van der Waals surface area contributed by atoms with Crippen LogP contribution in [0.3, 0.4) is 0 Å². The molecule has 8 heteroatoms. The van der Waals surface area contributed by atoms with Crippen LogP contribution in [0.25, 0.3) is 10.8 Å². The van der Waals surface area contributed by atoms with Crippen molar-refractivity contribution in [3.63, 3.8) is 0 Å². The molecule has 0 N–H and O–H groups in total.